The third-order valence-corrected chi connectivity index (χ3v) is 3.37. The smallest absolute Gasteiger partial charge is 0.393 e. The molecular formula is C16H17Cl2O4P. The number of halogens is 2. The molecule has 4 nitrogen and oxygen atoms in total. The van der Waals surface area contributed by atoms with Crippen molar-refractivity contribution in [3.63, 3.8) is 0 Å². The first-order valence-corrected chi connectivity index (χ1v) is 7.20. The van der Waals surface area contributed by atoms with Crippen LogP contribution in [0.1, 0.15) is 6.92 Å². The van der Waals surface area contributed by atoms with Crippen molar-refractivity contribution in [3.05, 3.63) is 60.7 Å². The summed E-state index contributed by atoms with van der Waals surface area (Å²) in [5, 5.41) is 9.66. The molecule has 2 rings (SSSR count). The highest BCUT2D eigenvalue weighted by Crippen LogP contribution is 2.39. The summed E-state index contributed by atoms with van der Waals surface area (Å²) in [6, 6.07) is 16.7. The zero-order chi connectivity index (χ0) is 16.2. The highest BCUT2D eigenvalue weighted by Gasteiger charge is 2.59. The van der Waals surface area contributed by atoms with Crippen molar-refractivity contribution < 1.29 is 19.4 Å². The van der Waals surface area contributed by atoms with Crippen molar-refractivity contribution in [3.8, 4) is 11.5 Å². The summed E-state index contributed by atoms with van der Waals surface area (Å²) >= 11 is 12.2. The molecule has 0 fully saturated rings. The summed E-state index contributed by atoms with van der Waals surface area (Å²) < 4.78 is 9.24. The van der Waals surface area contributed by atoms with Gasteiger partial charge in [0.15, 0.2) is 0 Å². The van der Waals surface area contributed by atoms with Gasteiger partial charge in [0.05, 0.1) is 0 Å². The first-order valence-electron chi connectivity index (χ1n) is 6.44. The van der Waals surface area contributed by atoms with Crippen LogP contribution in [-0.4, -0.2) is 21.2 Å². The van der Waals surface area contributed by atoms with E-state index in [1.54, 1.807) is 60.7 Å². The molecule has 0 aromatic heterocycles. The molecule has 1 N–H and O–H groups in total. The van der Waals surface area contributed by atoms with Gasteiger partial charge >= 0.3 is 11.8 Å². The van der Waals surface area contributed by atoms with Crippen molar-refractivity contribution in [2.45, 2.75) is 17.0 Å². The maximum atomic E-state index is 11.9. The van der Waals surface area contributed by atoms with Gasteiger partial charge in [-0.1, -0.05) is 59.6 Å². The minimum absolute atomic E-state index is 0. The predicted molar refractivity (Wildman–Crippen MR) is 95.7 cm³/mol. The summed E-state index contributed by atoms with van der Waals surface area (Å²) in [4.78, 5) is 11.9. The monoisotopic (exact) mass is 374 g/mol. The van der Waals surface area contributed by atoms with Crippen LogP contribution in [0, 0.1) is 0 Å². The fraction of sp³-hybridized carbons (Fsp3) is 0.188. The Hall–Kier alpha value is -1.48. The molecule has 1 atom stereocenters. The molecule has 0 bridgehead atoms. The lowest BCUT2D eigenvalue weighted by atomic mass is 10.2. The molecule has 23 heavy (non-hydrogen) atoms. The van der Waals surface area contributed by atoms with Gasteiger partial charge in [-0.05, 0) is 31.2 Å². The van der Waals surface area contributed by atoms with E-state index in [4.69, 9.17) is 32.7 Å². The first kappa shape index (κ1) is 19.6. The number of carboxylic acids is 1. The van der Waals surface area contributed by atoms with Crippen LogP contribution in [0.5, 0.6) is 11.5 Å². The normalized spacial score (nSPS) is 11.3. The fourth-order valence-electron chi connectivity index (χ4n) is 1.78. The number of carboxylic acid groups (broad SMARTS) is 1. The van der Waals surface area contributed by atoms with E-state index in [1.165, 1.54) is 6.92 Å². The third kappa shape index (κ3) is 4.51. The van der Waals surface area contributed by atoms with Crippen LogP contribution < -0.4 is 9.47 Å². The zero-order valence-electron chi connectivity index (χ0n) is 12.4. The minimum Gasteiger partial charge on any atom is -0.475 e. The average molecular weight is 375 g/mol. The molecule has 0 saturated carbocycles. The van der Waals surface area contributed by atoms with E-state index in [0.29, 0.717) is 0 Å². The fourth-order valence-corrected chi connectivity index (χ4v) is 2.10. The minimum atomic E-state index is -2.31. The molecule has 0 heterocycles. The Morgan fingerprint density at radius 3 is 1.52 bits per heavy atom. The van der Waals surface area contributed by atoms with E-state index in [9.17, 15) is 9.90 Å². The molecule has 0 aliphatic carbocycles. The topological polar surface area (TPSA) is 55.8 Å². The molecule has 0 amide bonds. The second-order valence-electron chi connectivity index (χ2n) is 4.64. The summed E-state index contributed by atoms with van der Waals surface area (Å²) in [6.45, 7) is 1.30. The SMILES string of the molecule is CC(Cl)(Cl)C(Oc1ccccc1)(Oc1ccccc1)C(=O)O.P. The van der Waals surface area contributed by atoms with Crippen LogP contribution in [0.2, 0.25) is 0 Å². The van der Waals surface area contributed by atoms with Gasteiger partial charge in [-0.25, -0.2) is 4.79 Å². The van der Waals surface area contributed by atoms with E-state index >= 15 is 0 Å². The molecule has 1 unspecified atom stereocenters. The van der Waals surface area contributed by atoms with Crippen LogP contribution in [-0.2, 0) is 4.79 Å². The van der Waals surface area contributed by atoms with Gasteiger partial charge < -0.3 is 14.6 Å². The molecule has 0 aliphatic rings. The van der Waals surface area contributed by atoms with Gasteiger partial charge in [0.25, 0.3) is 0 Å². The number of carbonyl (C=O) groups is 1. The average Bonchev–Trinajstić information content (AvgIpc) is 2.47. The number of benzene rings is 2. The van der Waals surface area contributed by atoms with Gasteiger partial charge in [-0.15, -0.1) is 0 Å². The Bertz CT molecular complexity index is 588. The van der Waals surface area contributed by atoms with Crippen molar-refractivity contribution >= 4 is 39.1 Å². The second kappa shape index (κ2) is 7.87. The van der Waals surface area contributed by atoms with Gasteiger partial charge in [0.1, 0.15) is 11.5 Å². The Morgan fingerprint density at radius 1 is 0.913 bits per heavy atom. The lowest BCUT2D eigenvalue weighted by Crippen LogP contribution is -2.60. The molecule has 0 radical (unpaired) electrons. The molecule has 2 aromatic carbocycles. The highest BCUT2D eigenvalue weighted by molar-refractivity contribution is 6.92. The molecule has 0 aliphatic heterocycles. The van der Waals surface area contributed by atoms with Crippen molar-refractivity contribution in [1.82, 2.24) is 0 Å². The van der Waals surface area contributed by atoms with E-state index in [2.05, 4.69) is 0 Å². The summed E-state index contributed by atoms with van der Waals surface area (Å²) in [6.07, 6.45) is 0. The lowest BCUT2D eigenvalue weighted by Gasteiger charge is -2.36. The molecule has 0 spiro atoms. The van der Waals surface area contributed by atoms with Crippen LogP contribution >= 0.6 is 33.1 Å². The highest BCUT2D eigenvalue weighted by atomic mass is 35.5. The van der Waals surface area contributed by atoms with Crippen LogP contribution in [0.25, 0.3) is 0 Å². The number of hydrogen-bond acceptors (Lipinski definition) is 3. The molecule has 7 heteroatoms. The molecule has 124 valence electrons. The van der Waals surface area contributed by atoms with Crippen LogP contribution in [0.3, 0.4) is 0 Å². The first-order chi connectivity index (χ1) is 10.3. The van der Waals surface area contributed by atoms with E-state index < -0.39 is 16.1 Å². The van der Waals surface area contributed by atoms with Crippen LogP contribution in [0.4, 0.5) is 0 Å². The Kier molecular flexibility index (Phi) is 6.69. The van der Waals surface area contributed by atoms with Gasteiger partial charge in [-0.2, -0.15) is 9.90 Å². The van der Waals surface area contributed by atoms with E-state index in [0.717, 1.165) is 0 Å². The van der Waals surface area contributed by atoms with Crippen molar-refractivity contribution in [2.75, 3.05) is 0 Å². The number of hydrogen-bond donors (Lipinski definition) is 1. The number of ether oxygens (including phenoxy) is 2. The van der Waals surface area contributed by atoms with Gasteiger partial charge in [-0.3, -0.25) is 0 Å². The van der Waals surface area contributed by atoms with Crippen LogP contribution in [0.15, 0.2) is 60.7 Å². The molecule has 2 aromatic rings. The van der Waals surface area contributed by atoms with Gasteiger partial charge in [0, 0.05) is 0 Å². The Balaban J connectivity index is 0.00000264. The van der Waals surface area contributed by atoms with E-state index in [-0.39, 0.29) is 21.4 Å². The van der Waals surface area contributed by atoms with E-state index in [1.807, 2.05) is 0 Å². The molecule has 0 saturated heterocycles. The zero-order valence-corrected chi connectivity index (χ0v) is 15.3. The second-order valence-corrected chi connectivity index (χ2v) is 6.35. The third-order valence-electron chi connectivity index (χ3n) is 2.87. The maximum absolute atomic E-state index is 11.9. The number of aliphatic carboxylic acids is 1. The number of rotatable bonds is 6. The number of alkyl halides is 2. The quantitative estimate of drug-likeness (QED) is 0.468. The summed E-state index contributed by atoms with van der Waals surface area (Å²) in [5.74, 6) is -3.20. The summed E-state index contributed by atoms with van der Waals surface area (Å²) in [5.41, 5.74) is 0. The van der Waals surface area contributed by atoms with Crippen molar-refractivity contribution in [2.24, 2.45) is 0 Å². The molecular weight excluding hydrogens is 358 g/mol. The van der Waals surface area contributed by atoms with Gasteiger partial charge in [0.2, 0.25) is 4.33 Å². The standard InChI is InChI=1S/C16H14Cl2O4.H3P/c1-15(17,18)16(14(19)20,21-12-8-4-2-5-9-12)22-13-10-6-3-7-11-13;/h2-11H,1H3,(H,19,20);1H3. The predicted octanol–water partition coefficient (Wildman–Crippen LogP) is 4.18. The van der Waals surface area contributed by atoms with Crippen molar-refractivity contribution in [1.29, 1.82) is 0 Å². The number of para-hydroxylation sites is 2. The lowest BCUT2D eigenvalue weighted by molar-refractivity contribution is -0.188. The Labute approximate surface area is 147 Å². The Morgan fingerprint density at radius 2 is 1.26 bits per heavy atom. The largest absolute Gasteiger partial charge is 0.475 e. The maximum Gasteiger partial charge on any atom is 0.393 e. The summed E-state index contributed by atoms with van der Waals surface area (Å²) in [7, 11) is 0.